The molecule has 2 N–H and O–H groups in total. The Labute approximate surface area is 81.8 Å². The van der Waals surface area contributed by atoms with E-state index in [4.69, 9.17) is 5.73 Å². The Kier molecular flexibility index (Phi) is 1.58. The van der Waals surface area contributed by atoms with Gasteiger partial charge in [-0.3, -0.25) is 0 Å². The normalized spacial score (nSPS) is 25.5. The first kappa shape index (κ1) is 7.94. The minimum absolute atomic E-state index is 0.571. The molecule has 0 amide bonds. The van der Waals surface area contributed by atoms with Crippen molar-refractivity contribution in [3.63, 3.8) is 0 Å². The standard InChI is InChI=1S/C10H12N4/c11-6-7-4-8(7)9-5-10-12-2-1-3-14(10)13-9/h1-3,5,7-8H,4,6,11H2/t7-,8+/m0/s1. The average molecular weight is 188 g/mol. The second-order valence-corrected chi connectivity index (χ2v) is 3.83. The predicted molar refractivity (Wildman–Crippen MR) is 52.9 cm³/mol. The first-order valence-corrected chi connectivity index (χ1v) is 4.89. The summed E-state index contributed by atoms with van der Waals surface area (Å²) < 4.78 is 1.82. The van der Waals surface area contributed by atoms with Crippen molar-refractivity contribution >= 4 is 5.65 Å². The molecule has 0 spiro atoms. The Balaban J connectivity index is 1.99. The van der Waals surface area contributed by atoms with Crippen molar-refractivity contribution in [3.8, 4) is 0 Å². The van der Waals surface area contributed by atoms with Crippen molar-refractivity contribution in [1.82, 2.24) is 14.6 Å². The lowest BCUT2D eigenvalue weighted by Gasteiger charge is -1.90. The summed E-state index contributed by atoms with van der Waals surface area (Å²) in [5.74, 6) is 1.21. The lowest BCUT2D eigenvalue weighted by Crippen LogP contribution is -2.02. The third kappa shape index (κ3) is 1.11. The number of aromatic nitrogens is 3. The van der Waals surface area contributed by atoms with Crippen LogP contribution in [0.4, 0.5) is 0 Å². The lowest BCUT2D eigenvalue weighted by molar-refractivity contribution is 0.783. The molecule has 0 aromatic carbocycles. The third-order valence-corrected chi connectivity index (χ3v) is 2.86. The molecule has 1 aliphatic rings. The highest BCUT2D eigenvalue weighted by atomic mass is 15.2. The van der Waals surface area contributed by atoms with Crippen molar-refractivity contribution in [2.45, 2.75) is 12.3 Å². The van der Waals surface area contributed by atoms with Gasteiger partial charge in [0.2, 0.25) is 0 Å². The van der Waals surface area contributed by atoms with E-state index in [1.54, 1.807) is 6.20 Å². The van der Waals surface area contributed by atoms with Gasteiger partial charge in [0.15, 0.2) is 5.65 Å². The van der Waals surface area contributed by atoms with Crippen LogP contribution in [-0.2, 0) is 0 Å². The van der Waals surface area contributed by atoms with Crippen LogP contribution in [0.2, 0.25) is 0 Å². The first-order valence-electron chi connectivity index (χ1n) is 4.89. The number of hydrogen-bond acceptors (Lipinski definition) is 3. The van der Waals surface area contributed by atoms with Crippen molar-refractivity contribution in [1.29, 1.82) is 0 Å². The Bertz CT molecular complexity index is 429. The van der Waals surface area contributed by atoms with Gasteiger partial charge in [-0.05, 0) is 24.9 Å². The number of nitrogens with zero attached hydrogens (tertiary/aromatic N) is 3. The maximum absolute atomic E-state index is 5.61. The Morgan fingerprint density at radius 3 is 3.21 bits per heavy atom. The summed E-state index contributed by atoms with van der Waals surface area (Å²) in [5, 5.41) is 4.47. The second-order valence-electron chi connectivity index (χ2n) is 3.83. The van der Waals surface area contributed by atoms with Crippen LogP contribution >= 0.6 is 0 Å². The van der Waals surface area contributed by atoms with Gasteiger partial charge in [0, 0.05) is 24.4 Å². The molecule has 0 radical (unpaired) electrons. The molecule has 3 rings (SSSR count). The van der Waals surface area contributed by atoms with E-state index >= 15 is 0 Å². The number of rotatable bonds is 2. The van der Waals surface area contributed by atoms with Crippen LogP contribution < -0.4 is 5.73 Å². The first-order chi connectivity index (χ1) is 6.88. The molecule has 0 aliphatic heterocycles. The molecule has 4 nitrogen and oxygen atoms in total. The van der Waals surface area contributed by atoms with Crippen LogP contribution in [-0.4, -0.2) is 21.1 Å². The molecule has 2 atom stereocenters. The van der Waals surface area contributed by atoms with Crippen molar-refractivity contribution in [3.05, 3.63) is 30.2 Å². The molecule has 2 aromatic rings. The molecule has 0 unspecified atom stereocenters. The molecule has 0 saturated heterocycles. The zero-order valence-electron chi connectivity index (χ0n) is 7.80. The zero-order valence-corrected chi connectivity index (χ0v) is 7.80. The smallest absolute Gasteiger partial charge is 0.155 e. The molecule has 1 saturated carbocycles. The summed E-state index contributed by atoms with van der Waals surface area (Å²) in [5.41, 5.74) is 7.67. The van der Waals surface area contributed by atoms with Gasteiger partial charge >= 0.3 is 0 Å². The Hall–Kier alpha value is -1.42. The molecule has 1 aliphatic carbocycles. The quantitative estimate of drug-likeness (QED) is 0.758. The van der Waals surface area contributed by atoms with Gasteiger partial charge < -0.3 is 5.73 Å². The number of nitrogens with two attached hydrogens (primary N) is 1. The fraction of sp³-hybridized carbons (Fsp3) is 0.400. The zero-order chi connectivity index (χ0) is 9.54. The van der Waals surface area contributed by atoms with E-state index in [1.807, 2.05) is 16.8 Å². The third-order valence-electron chi connectivity index (χ3n) is 2.86. The number of fused-ring (bicyclic) bond motifs is 1. The summed E-state index contributed by atoms with van der Waals surface area (Å²) in [7, 11) is 0. The minimum atomic E-state index is 0.571. The van der Waals surface area contributed by atoms with Crippen LogP contribution in [0.25, 0.3) is 5.65 Å². The summed E-state index contributed by atoms with van der Waals surface area (Å²) in [6, 6.07) is 3.94. The molecular weight excluding hydrogens is 176 g/mol. The van der Waals surface area contributed by atoms with Crippen LogP contribution in [0.1, 0.15) is 18.0 Å². The molecule has 0 bridgehead atoms. The molecule has 14 heavy (non-hydrogen) atoms. The summed E-state index contributed by atoms with van der Waals surface area (Å²) >= 11 is 0. The molecule has 4 heteroatoms. The molecule has 1 fully saturated rings. The highest BCUT2D eigenvalue weighted by Gasteiger charge is 2.38. The molecular formula is C10H12N4. The SMILES string of the molecule is NC[C@@H]1C[C@H]1c1cc2ncccn2n1. The maximum atomic E-state index is 5.61. The van der Waals surface area contributed by atoms with Crippen molar-refractivity contribution in [2.24, 2.45) is 11.7 Å². The molecule has 2 aromatic heterocycles. The van der Waals surface area contributed by atoms with E-state index in [0.29, 0.717) is 11.8 Å². The Morgan fingerprint density at radius 1 is 1.57 bits per heavy atom. The lowest BCUT2D eigenvalue weighted by atomic mass is 10.2. The topological polar surface area (TPSA) is 56.2 Å². The summed E-state index contributed by atoms with van der Waals surface area (Å²) in [6.07, 6.45) is 4.89. The largest absolute Gasteiger partial charge is 0.330 e. The Morgan fingerprint density at radius 2 is 2.50 bits per heavy atom. The van der Waals surface area contributed by atoms with Gasteiger partial charge in [0.1, 0.15) is 0 Å². The summed E-state index contributed by atoms with van der Waals surface area (Å²) in [6.45, 7) is 0.770. The summed E-state index contributed by atoms with van der Waals surface area (Å²) in [4.78, 5) is 4.23. The van der Waals surface area contributed by atoms with Gasteiger partial charge in [-0.25, -0.2) is 9.50 Å². The van der Waals surface area contributed by atoms with E-state index in [0.717, 1.165) is 17.9 Å². The van der Waals surface area contributed by atoms with Gasteiger partial charge in [-0.2, -0.15) is 5.10 Å². The maximum Gasteiger partial charge on any atom is 0.155 e. The van der Waals surface area contributed by atoms with E-state index in [1.165, 1.54) is 6.42 Å². The van der Waals surface area contributed by atoms with Gasteiger partial charge in [0.05, 0.1) is 5.69 Å². The second kappa shape index (κ2) is 2.78. The monoisotopic (exact) mass is 188 g/mol. The van der Waals surface area contributed by atoms with E-state index < -0.39 is 0 Å². The van der Waals surface area contributed by atoms with Gasteiger partial charge in [-0.15, -0.1) is 0 Å². The van der Waals surface area contributed by atoms with Crippen LogP contribution in [0.5, 0.6) is 0 Å². The highest BCUT2D eigenvalue weighted by molar-refractivity contribution is 5.40. The van der Waals surface area contributed by atoms with Crippen LogP contribution in [0, 0.1) is 5.92 Å². The molecule has 2 heterocycles. The van der Waals surface area contributed by atoms with E-state index in [9.17, 15) is 0 Å². The van der Waals surface area contributed by atoms with Crippen molar-refractivity contribution in [2.75, 3.05) is 6.54 Å². The van der Waals surface area contributed by atoms with Crippen LogP contribution in [0.15, 0.2) is 24.5 Å². The van der Waals surface area contributed by atoms with Gasteiger partial charge in [0.25, 0.3) is 0 Å². The van der Waals surface area contributed by atoms with E-state index in [2.05, 4.69) is 16.1 Å². The average Bonchev–Trinajstić information content (AvgIpc) is 2.89. The van der Waals surface area contributed by atoms with Crippen LogP contribution in [0.3, 0.4) is 0 Å². The number of hydrogen-bond donors (Lipinski definition) is 1. The fourth-order valence-electron chi connectivity index (χ4n) is 1.90. The van der Waals surface area contributed by atoms with Gasteiger partial charge in [-0.1, -0.05) is 0 Å². The van der Waals surface area contributed by atoms with Crippen molar-refractivity contribution < 1.29 is 0 Å². The minimum Gasteiger partial charge on any atom is -0.330 e. The highest BCUT2D eigenvalue weighted by Crippen LogP contribution is 2.45. The van der Waals surface area contributed by atoms with E-state index in [-0.39, 0.29) is 0 Å². The molecule has 72 valence electrons. The predicted octanol–water partition coefficient (Wildman–Crippen LogP) is 0.792. The fourth-order valence-corrected chi connectivity index (χ4v) is 1.90.